The van der Waals surface area contributed by atoms with E-state index in [2.05, 4.69) is 99.3 Å². The van der Waals surface area contributed by atoms with Crippen LogP contribution in [0.3, 0.4) is 0 Å². The minimum Gasteiger partial charge on any atom is -0.493 e. The molecule has 0 aliphatic rings. The zero-order chi connectivity index (χ0) is 24.2. The lowest BCUT2D eigenvalue weighted by Crippen LogP contribution is -2.25. The van der Waals surface area contributed by atoms with Gasteiger partial charge in [-0.2, -0.15) is 0 Å². The first kappa shape index (κ1) is 25.2. The third-order valence-electron chi connectivity index (χ3n) is 5.57. The van der Waals surface area contributed by atoms with E-state index in [1.165, 1.54) is 0 Å². The Morgan fingerprint density at radius 1 is 0.618 bits per heavy atom. The van der Waals surface area contributed by atoms with E-state index in [9.17, 15) is 0 Å². The van der Waals surface area contributed by atoms with E-state index in [0.717, 1.165) is 59.4 Å². The maximum atomic E-state index is 6.23. The first-order valence-electron chi connectivity index (χ1n) is 12.3. The summed E-state index contributed by atoms with van der Waals surface area (Å²) < 4.78 is 16.5. The molecule has 2 heterocycles. The van der Waals surface area contributed by atoms with Crippen molar-refractivity contribution in [2.24, 2.45) is 14.1 Å². The van der Waals surface area contributed by atoms with E-state index in [-0.39, 0.29) is 0 Å². The molecule has 0 bridgehead atoms. The van der Waals surface area contributed by atoms with Crippen LogP contribution in [0.15, 0.2) is 61.2 Å². The van der Waals surface area contributed by atoms with Gasteiger partial charge in [0.25, 0.3) is 0 Å². The van der Waals surface area contributed by atoms with Gasteiger partial charge in [0.15, 0.2) is 24.8 Å². The molecule has 0 aliphatic carbocycles. The summed E-state index contributed by atoms with van der Waals surface area (Å²) >= 11 is 0. The molecule has 34 heavy (non-hydrogen) atoms. The molecule has 0 N–H and O–H groups in total. The molecular formula is C30H38N2O2+2. The number of nitrogens with zero attached hydrogens (tertiary/aromatic N) is 2. The van der Waals surface area contributed by atoms with Crippen LogP contribution in [0.4, 0.5) is 0 Å². The van der Waals surface area contributed by atoms with Gasteiger partial charge >= 0.3 is 0 Å². The molecule has 3 aromatic rings. The van der Waals surface area contributed by atoms with E-state index >= 15 is 0 Å². The summed E-state index contributed by atoms with van der Waals surface area (Å²) in [6, 6.07) is 12.6. The van der Waals surface area contributed by atoms with Crippen LogP contribution in [-0.2, 0) is 14.1 Å². The van der Waals surface area contributed by atoms with Crippen molar-refractivity contribution in [1.29, 1.82) is 0 Å². The molecule has 0 amide bonds. The number of aryl methyl sites for hydroxylation is 2. The Bertz CT molecular complexity index is 995. The van der Waals surface area contributed by atoms with Crippen LogP contribution in [-0.4, -0.2) is 13.2 Å². The predicted molar refractivity (Wildman–Crippen MR) is 140 cm³/mol. The highest BCUT2D eigenvalue weighted by atomic mass is 16.5. The van der Waals surface area contributed by atoms with Gasteiger partial charge in [-0.05, 0) is 36.1 Å². The second-order valence-electron chi connectivity index (χ2n) is 8.59. The summed E-state index contributed by atoms with van der Waals surface area (Å²) in [7, 11) is 4.05. The number of rotatable bonds is 12. The Hall–Kier alpha value is -3.40. The zero-order valence-corrected chi connectivity index (χ0v) is 21.0. The molecule has 0 aliphatic heterocycles. The number of ether oxygens (including phenoxy) is 2. The second kappa shape index (κ2) is 13.3. The zero-order valence-electron chi connectivity index (χ0n) is 21.0. The van der Waals surface area contributed by atoms with Crippen molar-refractivity contribution >= 4 is 24.3 Å². The molecule has 0 spiro atoms. The molecule has 0 radical (unpaired) electrons. The van der Waals surface area contributed by atoms with Gasteiger partial charge in [0.05, 0.1) is 13.2 Å². The van der Waals surface area contributed by atoms with Crippen molar-refractivity contribution in [2.45, 2.75) is 39.5 Å². The Morgan fingerprint density at radius 3 is 1.35 bits per heavy atom. The van der Waals surface area contributed by atoms with Gasteiger partial charge in [0.2, 0.25) is 0 Å². The highest BCUT2D eigenvalue weighted by Gasteiger charge is 2.10. The molecule has 4 nitrogen and oxygen atoms in total. The van der Waals surface area contributed by atoms with Crippen LogP contribution in [0.2, 0.25) is 0 Å². The number of aromatic nitrogens is 2. The van der Waals surface area contributed by atoms with E-state index in [1.54, 1.807) is 0 Å². The third kappa shape index (κ3) is 7.87. The van der Waals surface area contributed by atoms with E-state index in [0.29, 0.717) is 13.2 Å². The van der Waals surface area contributed by atoms with Crippen molar-refractivity contribution < 1.29 is 18.6 Å². The van der Waals surface area contributed by atoms with Gasteiger partial charge in [-0.1, -0.05) is 51.0 Å². The van der Waals surface area contributed by atoms with Crippen LogP contribution in [0.5, 0.6) is 11.5 Å². The fraction of sp³-hybridized carbons (Fsp3) is 0.333. The molecule has 4 heteroatoms. The maximum Gasteiger partial charge on any atom is 0.169 e. The van der Waals surface area contributed by atoms with Gasteiger partial charge < -0.3 is 9.47 Å². The van der Waals surface area contributed by atoms with Crippen LogP contribution in [0.25, 0.3) is 24.3 Å². The predicted octanol–water partition coefficient (Wildman–Crippen LogP) is 6.03. The normalized spacial score (nSPS) is 11.4. The van der Waals surface area contributed by atoms with Crippen molar-refractivity contribution in [2.75, 3.05) is 13.2 Å². The number of benzene rings is 1. The molecule has 0 fully saturated rings. The Labute approximate surface area is 204 Å². The van der Waals surface area contributed by atoms with Crippen molar-refractivity contribution in [3.05, 3.63) is 83.4 Å². The highest BCUT2D eigenvalue weighted by molar-refractivity contribution is 5.78. The summed E-state index contributed by atoms with van der Waals surface area (Å²) in [5.41, 5.74) is 4.35. The van der Waals surface area contributed by atoms with Crippen LogP contribution >= 0.6 is 0 Å². The lowest BCUT2D eigenvalue weighted by Gasteiger charge is -2.15. The number of hydrogen-bond donors (Lipinski definition) is 0. The Morgan fingerprint density at radius 2 is 1.00 bits per heavy atom. The monoisotopic (exact) mass is 458 g/mol. The fourth-order valence-corrected chi connectivity index (χ4v) is 3.37. The van der Waals surface area contributed by atoms with Crippen molar-refractivity contribution in [3.8, 4) is 11.5 Å². The average Bonchev–Trinajstić information content (AvgIpc) is 2.85. The van der Waals surface area contributed by atoms with Gasteiger partial charge in [-0.15, -0.1) is 0 Å². The lowest BCUT2D eigenvalue weighted by atomic mass is 10.1. The molecule has 2 aromatic heterocycles. The Kier molecular flexibility index (Phi) is 9.90. The van der Waals surface area contributed by atoms with Crippen molar-refractivity contribution in [3.63, 3.8) is 0 Å². The standard InChI is InChI=1S/C30H38N2O2/c1-5-7-21-33-29-23-28(12-10-26-15-19-32(4)20-16-26)30(34-22-8-6-2)24-27(29)11-9-25-13-17-31(3)18-14-25/h9-20,23-24H,5-8,21-22H2,1-4H3/q+2/b11-9+,12-10+. The van der Waals surface area contributed by atoms with Gasteiger partial charge in [-0.25, -0.2) is 9.13 Å². The van der Waals surface area contributed by atoms with Crippen LogP contribution in [0, 0.1) is 0 Å². The number of unbranched alkanes of at least 4 members (excludes halogenated alkanes) is 2. The minimum atomic E-state index is 0.701. The Balaban J connectivity index is 1.97. The SMILES string of the molecule is CCCCOc1cc(/C=C/c2cc[n+](C)cc2)c(OCCCC)cc1/C=C/c1cc[n+](C)cc1. The van der Waals surface area contributed by atoms with E-state index in [1.807, 2.05) is 23.2 Å². The van der Waals surface area contributed by atoms with Gasteiger partial charge in [0, 0.05) is 35.4 Å². The van der Waals surface area contributed by atoms with Gasteiger partial charge in [0.1, 0.15) is 25.6 Å². The summed E-state index contributed by atoms with van der Waals surface area (Å²) in [5, 5.41) is 0. The molecule has 3 rings (SSSR count). The molecule has 0 unspecified atom stereocenters. The highest BCUT2D eigenvalue weighted by Crippen LogP contribution is 2.32. The van der Waals surface area contributed by atoms with Gasteiger partial charge in [-0.3, -0.25) is 0 Å². The molecule has 178 valence electrons. The van der Waals surface area contributed by atoms with Crippen LogP contribution < -0.4 is 18.6 Å². The lowest BCUT2D eigenvalue weighted by molar-refractivity contribution is -0.671. The molecule has 0 saturated heterocycles. The molecule has 0 atom stereocenters. The number of pyridine rings is 2. The maximum absolute atomic E-state index is 6.23. The molecule has 1 aromatic carbocycles. The summed E-state index contributed by atoms with van der Waals surface area (Å²) in [4.78, 5) is 0. The summed E-state index contributed by atoms with van der Waals surface area (Å²) in [6.07, 6.45) is 20.9. The summed E-state index contributed by atoms with van der Waals surface area (Å²) in [5.74, 6) is 1.77. The largest absolute Gasteiger partial charge is 0.493 e. The third-order valence-corrected chi connectivity index (χ3v) is 5.57. The number of hydrogen-bond acceptors (Lipinski definition) is 2. The quantitative estimate of drug-likeness (QED) is 0.244. The molecular weight excluding hydrogens is 420 g/mol. The van der Waals surface area contributed by atoms with E-state index < -0.39 is 0 Å². The summed E-state index contributed by atoms with van der Waals surface area (Å²) in [6.45, 7) is 5.76. The van der Waals surface area contributed by atoms with Crippen LogP contribution in [0.1, 0.15) is 61.8 Å². The average molecular weight is 459 g/mol. The second-order valence-corrected chi connectivity index (χ2v) is 8.59. The van der Waals surface area contributed by atoms with E-state index in [4.69, 9.17) is 9.47 Å². The first-order valence-corrected chi connectivity index (χ1v) is 12.3. The first-order chi connectivity index (χ1) is 16.6. The topological polar surface area (TPSA) is 26.2 Å². The van der Waals surface area contributed by atoms with Crippen molar-refractivity contribution in [1.82, 2.24) is 0 Å². The smallest absolute Gasteiger partial charge is 0.169 e. The minimum absolute atomic E-state index is 0.701. The molecule has 0 saturated carbocycles. The fourth-order valence-electron chi connectivity index (χ4n) is 3.37.